The van der Waals surface area contributed by atoms with Gasteiger partial charge in [0, 0.05) is 12.3 Å². The van der Waals surface area contributed by atoms with Crippen molar-refractivity contribution in [3.8, 4) is 0 Å². The molecule has 2 heterocycles. The summed E-state index contributed by atoms with van der Waals surface area (Å²) < 4.78 is 25.3. The fourth-order valence-electron chi connectivity index (χ4n) is 2.89. The van der Waals surface area contributed by atoms with Crippen LogP contribution >= 0.6 is 0 Å². The summed E-state index contributed by atoms with van der Waals surface area (Å²) in [7, 11) is 0. The van der Waals surface area contributed by atoms with E-state index in [1.165, 1.54) is 0 Å². The van der Waals surface area contributed by atoms with Gasteiger partial charge in [0.1, 0.15) is 18.9 Å². The lowest BCUT2D eigenvalue weighted by Crippen LogP contribution is -2.51. The maximum absolute atomic E-state index is 13.5. The van der Waals surface area contributed by atoms with Crippen molar-refractivity contribution < 1.29 is 24.1 Å². The Hall–Kier alpha value is -2.33. The van der Waals surface area contributed by atoms with Crippen LogP contribution in [0.3, 0.4) is 0 Å². The van der Waals surface area contributed by atoms with Crippen LogP contribution in [0.15, 0.2) is 52.2 Å². The predicted molar refractivity (Wildman–Crippen MR) is 88.3 cm³/mol. The molecule has 140 valence electrons. The van der Waals surface area contributed by atoms with Crippen LogP contribution in [0.4, 0.5) is 4.39 Å². The molecule has 0 aliphatic carbocycles. The molecule has 3 rings (SSSR count). The van der Waals surface area contributed by atoms with E-state index < -0.39 is 42.0 Å². The fraction of sp³-hybridized carbons (Fsp3) is 0.412. The minimum atomic E-state index is -2.34. The topological polar surface area (TPSA) is 114 Å². The molecule has 0 amide bonds. The molecular formula is C17H19FN2O6. The first-order valence-electron chi connectivity index (χ1n) is 8.00. The van der Waals surface area contributed by atoms with Crippen LogP contribution in [0.5, 0.6) is 0 Å². The number of aromatic amines is 1. The lowest BCUT2D eigenvalue weighted by Gasteiger charge is -2.28. The normalized spacial score (nSPS) is 28.3. The Kier molecular flexibility index (Phi) is 5.33. The zero-order valence-corrected chi connectivity index (χ0v) is 13.7. The molecule has 1 aliphatic heterocycles. The summed E-state index contributed by atoms with van der Waals surface area (Å²) in [5.74, 6) is 0. The van der Waals surface area contributed by atoms with Crippen LogP contribution in [-0.4, -0.2) is 50.9 Å². The van der Waals surface area contributed by atoms with E-state index in [-0.39, 0.29) is 13.2 Å². The molecule has 1 aromatic carbocycles. The van der Waals surface area contributed by atoms with Crippen molar-refractivity contribution in [2.75, 3.05) is 13.3 Å². The third-order valence-electron chi connectivity index (χ3n) is 4.31. The van der Waals surface area contributed by atoms with Gasteiger partial charge in [-0.3, -0.25) is 14.3 Å². The second-order valence-electron chi connectivity index (χ2n) is 6.11. The molecule has 1 saturated heterocycles. The molecule has 3 N–H and O–H groups in total. The number of aliphatic hydroxyl groups excluding tert-OH is 1. The van der Waals surface area contributed by atoms with Crippen LogP contribution in [0.2, 0.25) is 0 Å². The molecule has 26 heavy (non-hydrogen) atoms. The lowest BCUT2D eigenvalue weighted by molar-refractivity contribution is -0.121. The first-order chi connectivity index (χ1) is 12.5. The standard InChI is InChI=1S/C17H19FN2O6/c18-10-17(24)14(22)12(9-25-8-11-4-2-1-3-5-11)26-15(17)20-7-6-13(21)19-16(20)23/h1-7,12,14-15,22,24H,8-10H2,(H,19,21,23)/t12-,14+,15-,17?/m1/s1. The van der Waals surface area contributed by atoms with Crippen molar-refractivity contribution >= 4 is 0 Å². The van der Waals surface area contributed by atoms with Crippen molar-refractivity contribution in [2.24, 2.45) is 0 Å². The highest BCUT2D eigenvalue weighted by Gasteiger charge is 2.56. The molecule has 9 heteroatoms. The van der Waals surface area contributed by atoms with Crippen molar-refractivity contribution in [3.05, 3.63) is 69.0 Å². The molecule has 1 unspecified atom stereocenters. The third kappa shape index (κ3) is 3.47. The minimum absolute atomic E-state index is 0.118. The van der Waals surface area contributed by atoms with Gasteiger partial charge in [0.05, 0.1) is 13.2 Å². The summed E-state index contributed by atoms with van der Waals surface area (Å²) in [5, 5.41) is 20.8. The number of ether oxygens (including phenoxy) is 2. The molecule has 4 atom stereocenters. The second kappa shape index (κ2) is 7.50. The van der Waals surface area contributed by atoms with Crippen LogP contribution in [0.1, 0.15) is 11.8 Å². The highest BCUT2D eigenvalue weighted by Crippen LogP contribution is 2.38. The Labute approximate surface area is 147 Å². The number of aliphatic hydroxyl groups is 2. The third-order valence-corrected chi connectivity index (χ3v) is 4.31. The maximum atomic E-state index is 13.5. The fourth-order valence-corrected chi connectivity index (χ4v) is 2.89. The van der Waals surface area contributed by atoms with Crippen LogP contribution in [-0.2, 0) is 16.1 Å². The quantitative estimate of drug-likeness (QED) is 0.648. The zero-order valence-electron chi connectivity index (χ0n) is 13.7. The van der Waals surface area contributed by atoms with Crippen LogP contribution in [0, 0.1) is 0 Å². The van der Waals surface area contributed by atoms with E-state index in [4.69, 9.17) is 9.47 Å². The van der Waals surface area contributed by atoms with Crippen LogP contribution in [0.25, 0.3) is 0 Å². The highest BCUT2D eigenvalue weighted by molar-refractivity contribution is 5.13. The van der Waals surface area contributed by atoms with E-state index >= 15 is 0 Å². The van der Waals surface area contributed by atoms with Gasteiger partial charge in [-0.2, -0.15) is 0 Å². The molecule has 0 saturated carbocycles. The summed E-state index contributed by atoms with van der Waals surface area (Å²) in [6.45, 7) is -1.22. The van der Waals surface area contributed by atoms with Gasteiger partial charge in [-0.15, -0.1) is 0 Å². The number of nitrogens with zero attached hydrogens (tertiary/aromatic N) is 1. The van der Waals surface area contributed by atoms with Crippen LogP contribution < -0.4 is 11.2 Å². The molecule has 0 spiro atoms. The van der Waals surface area contributed by atoms with Gasteiger partial charge in [0.25, 0.3) is 5.56 Å². The van der Waals surface area contributed by atoms with Crippen molar-refractivity contribution in [1.29, 1.82) is 0 Å². The van der Waals surface area contributed by atoms with Gasteiger partial charge in [0.2, 0.25) is 0 Å². The zero-order chi connectivity index (χ0) is 18.7. The molecule has 1 aromatic heterocycles. The number of hydrogen-bond donors (Lipinski definition) is 3. The molecule has 1 aliphatic rings. The van der Waals surface area contributed by atoms with E-state index in [1.54, 1.807) is 0 Å². The number of nitrogens with one attached hydrogen (secondary N) is 1. The minimum Gasteiger partial charge on any atom is -0.387 e. The van der Waals surface area contributed by atoms with Gasteiger partial charge in [-0.25, -0.2) is 9.18 Å². The van der Waals surface area contributed by atoms with Gasteiger partial charge >= 0.3 is 5.69 Å². The first-order valence-corrected chi connectivity index (χ1v) is 8.00. The van der Waals surface area contributed by atoms with Crippen molar-refractivity contribution in [2.45, 2.75) is 30.6 Å². The van der Waals surface area contributed by atoms with Crippen molar-refractivity contribution in [1.82, 2.24) is 9.55 Å². The Morgan fingerprint density at radius 1 is 1.27 bits per heavy atom. The second-order valence-corrected chi connectivity index (χ2v) is 6.11. The summed E-state index contributed by atoms with van der Waals surface area (Å²) in [5.41, 5.74) is -2.97. The molecule has 0 radical (unpaired) electrons. The lowest BCUT2D eigenvalue weighted by atomic mass is 9.95. The average molecular weight is 366 g/mol. The monoisotopic (exact) mass is 366 g/mol. The SMILES string of the molecule is O=c1ccn([C@@H]2O[C@H](COCc3ccccc3)[C@H](O)C2(O)CF)c(=O)[nH]1. The summed E-state index contributed by atoms with van der Waals surface area (Å²) >= 11 is 0. The molecular weight excluding hydrogens is 347 g/mol. The van der Waals surface area contributed by atoms with Gasteiger partial charge < -0.3 is 19.7 Å². The summed E-state index contributed by atoms with van der Waals surface area (Å²) in [6, 6.07) is 10.3. The number of rotatable bonds is 6. The number of benzene rings is 1. The van der Waals surface area contributed by atoms with E-state index in [0.717, 1.165) is 22.4 Å². The van der Waals surface area contributed by atoms with E-state index in [9.17, 15) is 24.2 Å². The Balaban J connectivity index is 1.75. The predicted octanol–water partition coefficient (Wildman–Crippen LogP) is -0.288. The molecule has 0 bridgehead atoms. The first kappa shape index (κ1) is 18.5. The molecule has 2 aromatic rings. The number of hydrogen-bond acceptors (Lipinski definition) is 6. The molecule has 8 nitrogen and oxygen atoms in total. The molecule has 1 fully saturated rings. The van der Waals surface area contributed by atoms with Gasteiger partial charge in [0.15, 0.2) is 11.8 Å². The summed E-state index contributed by atoms with van der Waals surface area (Å²) in [6.07, 6.45) is -3.10. The Bertz CT molecular complexity index is 854. The van der Waals surface area contributed by atoms with E-state index in [0.29, 0.717) is 0 Å². The van der Waals surface area contributed by atoms with Gasteiger partial charge in [-0.1, -0.05) is 30.3 Å². The maximum Gasteiger partial charge on any atom is 0.330 e. The van der Waals surface area contributed by atoms with Crippen molar-refractivity contribution in [3.63, 3.8) is 0 Å². The smallest absolute Gasteiger partial charge is 0.330 e. The van der Waals surface area contributed by atoms with Gasteiger partial charge in [-0.05, 0) is 5.56 Å². The largest absolute Gasteiger partial charge is 0.387 e. The number of halogens is 1. The Morgan fingerprint density at radius 3 is 2.65 bits per heavy atom. The Morgan fingerprint density at radius 2 is 2.00 bits per heavy atom. The van der Waals surface area contributed by atoms with E-state index in [2.05, 4.69) is 0 Å². The number of alkyl halides is 1. The average Bonchev–Trinajstić information content (AvgIpc) is 2.88. The number of aromatic nitrogens is 2. The van der Waals surface area contributed by atoms with E-state index in [1.807, 2.05) is 35.3 Å². The summed E-state index contributed by atoms with van der Waals surface area (Å²) in [4.78, 5) is 25.1. The number of H-pyrrole nitrogens is 1. The highest BCUT2D eigenvalue weighted by atomic mass is 19.1.